The van der Waals surface area contributed by atoms with Crippen molar-refractivity contribution in [3.05, 3.63) is 53.6 Å². The third-order valence-electron chi connectivity index (χ3n) is 5.17. The van der Waals surface area contributed by atoms with Crippen LogP contribution >= 0.6 is 0 Å². The first kappa shape index (κ1) is 16.9. The van der Waals surface area contributed by atoms with Gasteiger partial charge in [-0.2, -0.15) is 0 Å². The molecule has 2 aromatic rings. The molecule has 1 aromatic heterocycles. The van der Waals surface area contributed by atoms with Crippen LogP contribution in [-0.2, 0) is 4.74 Å². The molecule has 0 aliphatic carbocycles. The number of amides is 1. The lowest BCUT2D eigenvalue weighted by molar-refractivity contribution is 0.0646. The molecule has 0 radical (unpaired) electrons. The number of fused-ring (bicyclic) bond motifs is 1. The SMILES string of the molecule is Cc1ccnc(OC[C@@]23COC[C@@H]2CN(C(=O)c2ccccc2F)C3)n1. The summed E-state index contributed by atoms with van der Waals surface area (Å²) in [6.07, 6.45) is 1.65. The van der Waals surface area contributed by atoms with Gasteiger partial charge in [-0.05, 0) is 25.1 Å². The van der Waals surface area contributed by atoms with Crippen molar-refractivity contribution in [1.82, 2.24) is 14.9 Å². The Bertz CT molecular complexity index is 831. The van der Waals surface area contributed by atoms with Crippen molar-refractivity contribution in [2.24, 2.45) is 11.3 Å². The third kappa shape index (κ3) is 3.03. The summed E-state index contributed by atoms with van der Waals surface area (Å²) in [7, 11) is 0. The minimum atomic E-state index is -0.496. The Morgan fingerprint density at radius 3 is 3.08 bits per heavy atom. The Kier molecular flexibility index (Phi) is 4.32. The van der Waals surface area contributed by atoms with Crippen molar-refractivity contribution in [3.63, 3.8) is 0 Å². The number of hydrogen-bond acceptors (Lipinski definition) is 5. The van der Waals surface area contributed by atoms with Gasteiger partial charge in [0.05, 0.1) is 24.2 Å². The molecule has 4 rings (SSSR count). The van der Waals surface area contributed by atoms with Crippen molar-refractivity contribution in [2.75, 3.05) is 32.9 Å². The summed E-state index contributed by atoms with van der Waals surface area (Å²) in [4.78, 5) is 22.8. The largest absolute Gasteiger partial charge is 0.463 e. The Labute approximate surface area is 151 Å². The van der Waals surface area contributed by atoms with E-state index in [1.807, 2.05) is 6.92 Å². The predicted molar refractivity (Wildman–Crippen MR) is 91.3 cm³/mol. The number of aromatic nitrogens is 2. The van der Waals surface area contributed by atoms with Gasteiger partial charge in [0, 0.05) is 30.9 Å². The number of aryl methyl sites for hydroxylation is 1. The lowest BCUT2D eigenvalue weighted by atomic mass is 9.82. The summed E-state index contributed by atoms with van der Waals surface area (Å²) in [5.41, 5.74) is 0.620. The Hall–Kier alpha value is -2.54. The second-order valence-electron chi connectivity index (χ2n) is 7.01. The van der Waals surface area contributed by atoms with E-state index in [0.29, 0.717) is 38.9 Å². The first-order valence-corrected chi connectivity index (χ1v) is 8.61. The molecule has 1 amide bonds. The molecule has 6 nitrogen and oxygen atoms in total. The summed E-state index contributed by atoms with van der Waals surface area (Å²) in [6.45, 7) is 4.31. The highest BCUT2D eigenvalue weighted by Crippen LogP contribution is 2.42. The summed E-state index contributed by atoms with van der Waals surface area (Å²) in [5, 5.41) is 0. The van der Waals surface area contributed by atoms with Gasteiger partial charge in [0.25, 0.3) is 5.91 Å². The van der Waals surface area contributed by atoms with E-state index in [-0.39, 0.29) is 22.8 Å². The minimum absolute atomic E-state index is 0.103. The van der Waals surface area contributed by atoms with Crippen molar-refractivity contribution in [1.29, 1.82) is 0 Å². The quantitative estimate of drug-likeness (QED) is 0.838. The molecule has 0 N–H and O–H groups in total. The van der Waals surface area contributed by atoms with Gasteiger partial charge in [-0.25, -0.2) is 14.4 Å². The van der Waals surface area contributed by atoms with Crippen LogP contribution in [0.2, 0.25) is 0 Å². The summed E-state index contributed by atoms with van der Waals surface area (Å²) in [5.74, 6) is -0.629. The Morgan fingerprint density at radius 1 is 1.42 bits per heavy atom. The van der Waals surface area contributed by atoms with Crippen LogP contribution in [0.25, 0.3) is 0 Å². The zero-order valence-electron chi connectivity index (χ0n) is 14.5. The smallest absolute Gasteiger partial charge is 0.316 e. The highest BCUT2D eigenvalue weighted by atomic mass is 19.1. The zero-order valence-corrected chi connectivity index (χ0v) is 14.5. The molecular weight excluding hydrogens is 337 g/mol. The molecule has 0 unspecified atom stereocenters. The number of benzene rings is 1. The van der Waals surface area contributed by atoms with Crippen LogP contribution in [0.1, 0.15) is 16.1 Å². The second kappa shape index (κ2) is 6.64. The highest BCUT2D eigenvalue weighted by Gasteiger charge is 2.52. The van der Waals surface area contributed by atoms with Gasteiger partial charge in [-0.15, -0.1) is 0 Å². The number of nitrogens with zero attached hydrogens (tertiary/aromatic N) is 3. The van der Waals surface area contributed by atoms with Crippen LogP contribution in [0.5, 0.6) is 6.01 Å². The fourth-order valence-corrected chi connectivity index (χ4v) is 3.70. The van der Waals surface area contributed by atoms with Gasteiger partial charge in [-0.1, -0.05) is 12.1 Å². The molecule has 2 aliphatic rings. The lowest BCUT2D eigenvalue weighted by Crippen LogP contribution is -2.38. The van der Waals surface area contributed by atoms with Crippen LogP contribution < -0.4 is 4.74 Å². The molecule has 2 atom stereocenters. The van der Waals surface area contributed by atoms with Crippen LogP contribution in [0, 0.1) is 24.1 Å². The maximum atomic E-state index is 14.0. The fourth-order valence-electron chi connectivity index (χ4n) is 3.70. The maximum Gasteiger partial charge on any atom is 0.316 e. The first-order chi connectivity index (χ1) is 12.6. The monoisotopic (exact) mass is 357 g/mol. The topological polar surface area (TPSA) is 64.6 Å². The average Bonchev–Trinajstić information content (AvgIpc) is 3.17. The van der Waals surface area contributed by atoms with E-state index in [1.165, 1.54) is 12.1 Å². The van der Waals surface area contributed by atoms with E-state index in [1.54, 1.807) is 29.3 Å². The van der Waals surface area contributed by atoms with E-state index in [2.05, 4.69) is 9.97 Å². The van der Waals surface area contributed by atoms with Crippen LogP contribution in [0.3, 0.4) is 0 Å². The van der Waals surface area contributed by atoms with Gasteiger partial charge < -0.3 is 14.4 Å². The second-order valence-corrected chi connectivity index (χ2v) is 7.01. The van der Waals surface area contributed by atoms with Crippen LogP contribution in [0.4, 0.5) is 4.39 Å². The lowest BCUT2D eigenvalue weighted by Gasteiger charge is -2.26. The molecule has 136 valence electrons. The number of hydrogen-bond donors (Lipinski definition) is 0. The van der Waals surface area contributed by atoms with Gasteiger partial charge in [0.2, 0.25) is 0 Å². The molecule has 2 saturated heterocycles. The number of halogens is 1. The molecular formula is C19H20FN3O3. The van der Waals surface area contributed by atoms with E-state index >= 15 is 0 Å². The molecule has 1 aromatic carbocycles. The molecule has 2 aliphatic heterocycles. The van der Waals surface area contributed by atoms with Crippen molar-refractivity contribution >= 4 is 5.91 Å². The van der Waals surface area contributed by atoms with Crippen molar-refractivity contribution < 1.29 is 18.7 Å². The standard InChI is InChI=1S/C19H20FN3O3/c1-13-6-7-21-18(22-13)26-12-19-10-23(8-14(19)9-25-11-19)17(24)15-4-2-3-5-16(15)20/h2-7,14H,8-12H2,1H3/t14-,19+/m0/s1. The average molecular weight is 357 g/mol. The van der Waals surface area contributed by atoms with E-state index < -0.39 is 5.82 Å². The molecule has 3 heterocycles. The maximum absolute atomic E-state index is 14.0. The van der Waals surface area contributed by atoms with Crippen LogP contribution in [0.15, 0.2) is 36.5 Å². The normalized spacial score (nSPS) is 24.5. The molecule has 0 bridgehead atoms. The molecule has 0 spiro atoms. The number of carbonyl (C=O) groups is 1. The third-order valence-corrected chi connectivity index (χ3v) is 5.17. The molecule has 2 fully saturated rings. The van der Waals surface area contributed by atoms with E-state index in [0.717, 1.165) is 5.69 Å². The number of carbonyl (C=O) groups excluding carboxylic acids is 1. The molecule has 26 heavy (non-hydrogen) atoms. The Morgan fingerprint density at radius 2 is 2.27 bits per heavy atom. The summed E-state index contributed by atoms with van der Waals surface area (Å²) in [6, 6.07) is 8.20. The van der Waals surface area contributed by atoms with Crippen molar-refractivity contribution in [2.45, 2.75) is 6.92 Å². The summed E-state index contributed by atoms with van der Waals surface area (Å²) < 4.78 is 25.4. The fraction of sp³-hybridized carbons (Fsp3) is 0.421. The Balaban J connectivity index is 1.49. The van der Waals surface area contributed by atoms with Gasteiger partial charge >= 0.3 is 6.01 Å². The van der Waals surface area contributed by atoms with Gasteiger partial charge in [0.15, 0.2) is 0 Å². The highest BCUT2D eigenvalue weighted by molar-refractivity contribution is 5.94. The number of likely N-dealkylation sites (tertiary alicyclic amines) is 1. The van der Waals surface area contributed by atoms with Gasteiger partial charge in [0.1, 0.15) is 12.4 Å². The molecule has 0 saturated carbocycles. The predicted octanol–water partition coefficient (Wildman–Crippen LogP) is 2.09. The van der Waals surface area contributed by atoms with Gasteiger partial charge in [-0.3, -0.25) is 4.79 Å². The van der Waals surface area contributed by atoms with E-state index in [4.69, 9.17) is 9.47 Å². The van der Waals surface area contributed by atoms with Crippen molar-refractivity contribution in [3.8, 4) is 6.01 Å². The first-order valence-electron chi connectivity index (χ1n) is 8.61. The minimum Gasteiger partial charge on any atom is -0.463 e. The number of ether oxygens (including phenoxy) is 2. The van der Waals surface area contributed by atoms with Crippen LogP contribution in [-0.4, -0.2) is 53.7 Å². The van der Waals surface area contributed by atoms with E-state index in [9.17, 15) is 9.18 Å². The summed E-state index contributed by atoms with van der Waals surface area (Å²) >= 11 is 0. The molecule has 7 heteroatoms. The zero-order chi connectivity index (χ0) is 18.1. The number of rotatable bonds is 4.